The zero-order valence-corrected chi connectivity index (χ0v) is 14.1. The molecule has 0 aliphatic rings. The summed E-state index contributed by atoms with van der Waals surface area (Å²) in [4.78, 5) is 28.0. The van der Waals surface area contributed by atoms with E-state index in [1.807, 2.05) is 44.2 Å². The van der Waals surface area contributed by atoms with Crippen molar-refractivity contribution in [2.45, 2.75) is 26.3 Å². The number of aromatic amines is 1. The Balaban J connectivity index is 1.86. The summed E-state index contributed by atoms with van der Waals surface area (Å²) < 4.78 is 1.62. The number of pyridine rings is 1. The quantitative estimate of drug-likeness (QED) is 0.775. The number of fused-ring (bicyclic) bond motifs is 1. The Bertz CT molecular complexity index is 951. The number of carbonyl (C=O) groups excluding carboxylic acids is 1. The zero-order valence-electron chi connectivity index (χ0n) is 14.1. The first-order valence-electron chi connectivity index (χ1n) is 8.02. The van der Waals surface area contributed by atoms with Crippen molar-refractivity contribution in [3.8, 4) is 0 Å². The molecule has 0 spiro atoms. The maximum absolute atomic E-state index is 12.5. The van der Waals surface area contributed by atoms with E-state index in [-0.39, 0.29) is 23.9 Å². The highest BCUT2D eigenvalue weighted by atomic mass is 16.2. The fraction of sp³-hybridized carbons (Fsp3) is 0.263. The lowest BCUT2D eigenvalue weighted by molar-refractivity contribution is 0.0949. The van der Waals surface area contributed by atoms with Gasteiger partial charge in [-0.3, -0.25) is 9.59 Å². The van der Waals surface area contributed by atoms with Crippen LogP contribution in [0.25, 0.3) is 10.9 Å². The molecule has 0 saturated heterocycles. The Morgan fingerprint density at radius 3 is 2.75 bits per heavy atom. The van der Waals surface area contributed by atoms with Gasteiger partial charge in [0.05, 0.1) is 11.1 Å². The van der Waals surface area contributed by atoms with Gasteiger partial charge in [-0.15, -0.1) is 0 Å². The second kappa shape index (κ2) is 6.35. The molecule has 3 rings (SSSR count). The van der Waals surface area contributed by atoms with E-state index in [0.29, 0.717) is 11.1 Å². The van der Waals surface area contributed by atoms with Gasteiger partial charge in [-0.05, 0) is 29.5 Å². The third-order valence-corrected chi connectivity index (χ3v) is 4.25. The maximum Gasteiger partial charge on any atom is 0.255 e. The normalized spacial score (nSPS) is 11.2. The van der Waals surface area contributed by atoms with E-state index in [1.165, 1.54) is 0 Å². The van der Waals surface area contributed by atoms with Gasteiger partial charge in [0.1, 0.15) is 0 Å². The lowest BCUT2D eigenvalue weighted by Gasteiger charge is -2.11. The summed E-state index contributed by atoms with van der Waals surface area (Å²) in [6, 6.07) is 11.3. The van der Waals surface area contributed by atoms with E-state index in [1.54, 1.807) is 23.9 Å². The number of carbonyl (C=O) groups is 1. The van der Waals surface area contributed by atoms with Gasteiger partial charge in [0.2, 0.25) is 0 Å². The van der Waals surface area contributed by atoms with E-state index in [2.05, 4.69) is 10.3 Å². The highest BCUT2D eigenvalue weighted by Crippen LogP contribution is 2.17. The number of hydrogen-bond donors (Lipinski definition) is 2. The zero-order chi connectivity index (χ0) is 17.3. The van der Waals surface area contributed by atoms with Gasteiger partial charge in [-0.2, -0.15) is 0 Å². The number of hydrogen-bond acceptors (Lipinski definition) is 2. The number of nitrogens with one attached hydrogen (secondary N) is 2. The van der Waals surface area contributed by atoms with Crippen LogP contribution in [-0.4, -0.2) is 15.5 Å². The molecule has 3 aromatic rings. The van der Waals surface area contributed by atoms with E-state index >= 15 is 0 Å². The summed E-state index contributed by atoms with van der Waals surface area (Å²) in [6.45, 7) is 4.27. The second-order valence-corrected chi connectivity index (χ2v) is 6.23. The van der Waals surface area contributed by atoms with Crippen molar-refractivity contribution in [2.24, 2.45) is 7.05 Å². The van der Waals surface area contributed by atoms with Gasteiger partial charge >= 0.3 is 0 Å². The van der Waals surface area contributed by atoms with E-state index in [9.17, 15) is 9.59 Å². The SMILES string of the molecule is CC(C)c1[nH]ccc1C(=O)NCc1cc2ccccc2n(C)c1=O. The largest absolute Gasteiger partial charge is 0.364 e. The molecule has 2 aromatic heterocycles. The molecule has 5 heteroatoms. The molecule has 0 unspecified atom stereocenters. The summed E-state index contributed by atoms with van der Waals surface area (Å²) in [5, 5.41) is 3.84. The molecular weight excluding hydrogens is 302 g/mol. The molecule has 124 valence electrons. The molecule has 0 aliphatic carbocycles. The van der Waals surface area contributed by atoms with Crippen LogP contribution in [0.4, 0.5) is 0 Å². The minimum atomic E-state index is -0.171. The fourth-order valence-electron chi connectivity index (χ4n) is 2.94. The summed E-state index contributed by atoms with van der Waals surface area (Å²) in [5.41, 5.74) is 2.89. The van der Waals surface area contributed by atoms with Crippen molar-refractivity contribution in [2.75, 3.05) is 0 Å². The number of nitrogens with zero attached hydrogens (tertiary/aromatic N) is 1. The van der Waals surface area contributed by atoms with Crippen molar-refractivity contribution < 1.29 is 4.79 Å². The third kappa shape index (κ3) is 2.85. The van der Waals surface area contributed by atoms with Crippen LogP contribution >= 0.6 is 0 Å². The standard InChI is InChI=1S/C19H21N3O2/c1-12(2)17-15(8-9-20-17)18(23)21-11-14-10-13-6-4-5-7-16(13)22(3)19(14)24/h4-10,12,20H,11H2,1-3H3,(H,21,23). The summed E-state index contributed by atoms with van der Waals surface area (Å²) in [6.07, 6.45) is 1.76. The minimum absolute atomic E-state index is 0.0906. The van der Waals surface area contributed by atoms with Gasteiger partial charge < -0.3 is 14.9 Å². The molecule has 0 bridgehead atoms. The summed E-state index contributed by atoms with van der Waals surface area (Å²) >= 11 is 0. The molecule has 0 saturated carbocycles. The van der Waals surface area contributed by atoms with E-state index in [0.717, 1.165) is 16.6 Å². The van der Waals surface area contributed by atoms with Gasteiger partial charge in [0.25, 0.3) is 11.5 Å². The second-order valence-electron chi connectivity index (χ2n) is 6.23. The van der Waals surface area contributed by atoms with Gasteiger partial charge in [-0.1, -0.05) is 32.0 Å². The highest BCUT2D eigenvalue weighted by molar-refractivity contribution is 5.95. The maximum atomic E-state index is 12.5. The van der Waals surface area contributed by atoms with Crippen LogP contribution in [0.5, 0.6) is 0 Å². The molecule has 1 aromatic carbocycles. The molecule has 1 amide bonds. The summed E-state index contributed by atoms with van der Waals surface area (Å²) in [5.74, 6) is 0.0597. The predicted octanol–water partition coefficient (Wildman–Crippen LogP) is 2.92. The first kappa shape index (κ1) is 16.1. The predicted molar refractivity (Wildman–Crippen MR) is 95.2 cm³/mol. The molecule has 24 heavy (non-hydrogen) atoms. The number of rotatable bonds is 4. The number of para-hydroxylation sites is 1. The van der Waals surface area contributed by atoms with Crippen molar-refractivity contribution in [3.63, 3.8) is 0 Å². The Morgan fingerprint density at radius 1 is 1.25 bits per heavy atom. The monoisotopic (exact) mass is 323 g/mol. The van der Waals surface area contributed by atoms with E-state index in [4.69, 9.17) is 0 Å². The highest BCUT2D eigenvalue weighted by Gasteiger charge is 2.15. The van der Waals surface area contributed by atoms with Crippen LogP contribution in [0.2, 0.25) is 0 Å². The van der Waals surface area contributed by atoms with Crippen LogP contribution < -0.4 is 10.9 Å². The van der Waals surface area contributed by atoms with E-state index < -0.39 is 0 Å². The Kier molecular flexibility index (Phi) is 4.25. The Labute approximate surface area is 140 Å². The smallest absolute Gasteiger partial charge is 0.255 e. The van der Waals surface area contributed by atoms with Crippen molar-refractivity contribution in [3.05, 3.63) is 69.8 Å². The lowest BCUT2D eigenvalue weighted by Crippen LogP contribution is -2.29. The summed E-state index contributed by atoms with van der Waals surface area (Å²) in [7, 11) is 1.75. The Morgan fingerprint density at radius 2 is 2.00 bits per heavy atom. The van der Waals surface area contributed by atoms with Gasteiger partial charge in [-0.25, -0.2) is 0 Å². The molecule has 0 aliphatic heterocycles. The molecular formula is C19H21N3O2. The first-order chi connectivity index (χ1) is 11.5. The van der Waals surface area contributed by atoms with Crippen molar-refractivity contribution in [1.29, 1.82) is 0 Å². The molecule has 0 radical (unpaired) electrons. The number of aryl methyl sites for hydroxylation is 1. The van der Waals surface area contributed by atoms with Gasteiger partial charge in [0, 0.05) is 31.0 Å². The lowest BCUT2D eigenvalue weighted by atomic mass is 10.1. The minimum Gasteiger partial charge on any atom is -0.364 e. The van der Waals surface area contributed by atoms with Crippen LogP contribution in [0.3, 0.4) is 0 Å². The van der Waals surface area contributed by atoms with Crippen LogP contribution in [0.1, 0.15) is 41.4 Å². The van der Waals surface area contributed by atoms with Crippen molar-refractivity contribution in [1.82, 2.24) is 14.9 Å². The molecule has 0 atom stereocenters. The average Bonchev–Trinajstić information content (AvgIpc) is 3.06. The first-order valence-corrected chi connectivity index (χ1v) is 8.02. The van der Waals surface area contributed by atoms with Crippen LogP contribution in [-0.2, 0) is 13.6 Å². The number of amides is 1. The number of aromatic nitrogens is 2. The number of H-pyrrole nitrogens is 1. The average molecular weight is 323 g/mol. The molecule has 2 N–H and O–H groups in total. The van der Waals surface area contributed by atoms with Crippen molar-refractivity contribution >= 4 is 16.8 Å². The topological polar surface area (TPSA) is 66.9 Å². The van der Waals surface area contributed by atoms with Crippen LogP contribution in [0.15, 0.2) is 47.4 Å². The van der Waals surface area contributed by atoms with Crippen LogP contribution in [0, 0.1) is 0 Å². The number of benzene rings is 1. The fourth-order valence-corrected chi connectivity index (χ4v) is 2.94. The van der Waals surface area contributed by atoms with Gasteiger partial charge in [0.15, 0.2) is 0 Å². The molecule has 2 heterocycles. The molecule has 0 fully saturated rings. The molecule has 5 nitrogen and oxygen atoms in total. The third-order valence-electron chi connectivity index (χ3n) is 4.25. The Hall–Kier alpha value is -2.82.